The quantitative estimate of drug-likeness (QED) is 0.0196. The van der Waals surface area contributed by atoms with Crippen molar-refractivity contribution in [3.8, 4) is 0 Å². The maximum Gasteiger partial charge on any atom is 0.306 e. The predicted octanol–water partition coefficient (Wildman–Crippen LogP) is 11.8. The van der Waals surface area contributed by atoms with Crippen LogP contribution in [0, 0.1) is 0 Å². The maximum absolute atomic E-state index is 12.9. The van der Waals surface area contributed by atoms with E-state index in [1.807, 2.05) is 0 Å². The first-order valence-corrected chi connectivity index (χ1v) is 27.6. The second-order valence-electron chi connectivity index (χ2n) is 17.8. The highest BCUT2D eigenvalue weighted by molar-refractivity contribution is 7.85. The lowest BCUT2D eigenvalue weighted by molar-refractivity contribution is -0.297. The lowest BCUT2D eigenvalue weighted by Gasteiger charge is -2.40. The largest absolute Gasteiger partial charge is 0.462 e. The van der Waals surface area contributed by atoms with Crippen molar-refractivity contribution in [2.24, 2.45) is 0 Å². The van der Waals surface area contributed by atoms with Crippen LogP contribution in [0.1, 0.15) is 200 Å². The minimum atomic E-state index is -4.61. The third kappa shape index (κ3) is 37.6. The number of allylic oxidation sites excluding steroid dienone is 12. The molecule has 0 radical (unpaired) electrons. The molecule has 12 nitrogen and oxygen atoms in total. The molecule has 67 heavy (non-hydrogen) atoms. The fraction of sp³-hybridized carbons (Fsp3) is 0.741. The Morgan fingerprint density at radius 3 is 1.40 bits per heavy atom. The summed E-state index contributed by atoms with van der Waals surface area (Å²) in [5.41, 5.74) is 0. The summed E-state index contributed by atoms with van der Waals surface area (Å²) in [7, 11) is -4.61. The van der Waals surface area contributed by atoms with Crippen LogP contribution in [-0.4, -0.2) is 96.0 Å². The summed E-state index contributed by atoms with van der Waals surface area (Å²) in [4.78, 5) is 25.5. The molecular weight excluding hydrogens is 873 g/mol. The molecule has 386 valence electrons. The van der Waals surface area contributed by atoms with Crippen LogP contribution in [0.25, 0.3) is 0 Å². The highest BCUT2D eigenvalue weighted by Crippen LogP contribution is 2.24. The Bertz CT molecular complexity index is 1500. The second kappa shape index (κ2) is 43.1. The summed E-state index contributed by atoms with van der Waals surface area (Å²) in [6.07, 6.45) is 46.5. The first-order chi connectivity index (χ1) is 32.5. The van der Waals surface area contributed by atoms with Crippen LogP contribution in [0.4, 0.5) is 0 Å². The molecule has 0 aromatic heterocycles. The summed E-state index contributed by atoms with van der Waals surface area (Å²) >= 11 is 0. The van der Waals surface area contributed by atoms with Gasteiger partial charge < -0.3 is 34.3 Å². The lowest BCUT2D eigenvalue weighted by atomic mass is 10.00. The summed E-state index contributed by atoms with van der Waals surface area (Å²) < 4.78 is 54.2. The van der Waals surface area contributed by atoms with Gasteiger partial charge in [-0.05, 0) is 83.5 Å². The number of hydrogen-bond donors (Lipinski definition) is 4. The molecule has 0 saturated carbocycles. The zero-order chi connectivity index (χ0) is 49.1. The third-order valence-electron chi connectivity index (χ3n) is 11.5. The molecule has 13 heteroatoms. The molecule has 1 heterocycles. The molecule has 1 aliphatic heterocycles. The van der Waals surface area contributed by atoms with Crippen LogP contribution in [0.5, 0.6) is 0 Å². The average molecular weight is 965 g/mol. The highest BCUT2D eigenvalue weighted by Gasteiger charge is 2.46. The smallest absolute Gasteiger partial charge is 0.306 e. The Balaban J connectivity index is 2.37. The molecule has 0 amide bonds. The molecule has 1 fully saturated rings. The molecule has 6 unspecified atom stereocenters. The zero-order valence-electron chi connectivity index (χ0n) is 41.5. The van der Waals surface area contributed by atoms with Gasteiger partial charge in [0.15, 0.2) is 12.4 Å². The number of carbonyl (C=O) groups excluding carboxylic acids is 2. The van der Waals surface area contributed by atoms with E-state index in [2.05, 4.69) is 86.8 Å². The molecule has 1 aliphatic rings. The standard InChI is InChI=1S/C54H92O12S/c1-3-5-7-9-11-13-15-17-19-21-22-23-24-25-26-27-29-31-33-35-37-39-41-43-50(56)65-47(45-64-54-53(59)52(58)51(57)48(66-54)46-67(60,61)62)44-63-49(55)42-40-38-36-34-32-30-28-20-18-16-14-12-10-8-6-4-2/h5,7,11,13-14,16-17,19-20,22-23,28,47-48,51-54,57-59H,3-4,6,8-10,12,15,18,21,24-27,29-46H2,1-2H3,(H,60,61,62)/b7-5-,13-11-,16-14-,19-17-,23-22-,28-20-. The van der Waals surface area contributed by atoms with E-state index in [-0.39, 0.29) is 19.4 Å². The minimum absolute atomic E-state index is 0.152. The van der Waals surface area contributed by atoms with Crippen molar-refractivity contribution in [3.05, 3.63) is 72.9 Å². The van der Waals surface area contributed by atoms with Gasteiger partial charge in [-0.25, -0.2) is 0 Å². The van der Waals surface area contributed by atoms with Gasteiger partial charge in [0.05, 0.1) is 6.61 Å². The first kappa shape index (κ1) is 62.1. The Kier molecular flexibility index (Phi) is 40.0. The SMILES string of the molecule is CC/C=C\C/C=C\C/C=C\C/C=C\CCCCCCCCCCCCC(=O)OC(COC(=O)CCCCCCC/C=C\C/C=C\CCCCCC)COC1OC(CS(=O)(=O)O)C(O)C(O)C1O. The Labute approximate surface area is 406 Å². The summed E-state index contributed by atoms with van der Waals surface area (Å²) in [6, 6.07) is 0. The van der Waals surface area contributed by atoms with E-state index in [0.29, 0.717) is 12.8 Å². The maximum atomic E-state index is 12.9. The van der Waals surface area contributed by atoms with Gasteiger partial charge in [0.1, 0.15) is 36.8 Å². The van der Waals surface area contributed by atoms with E-state index in [1.165, 1.54) is 57.8 Å². The van der Waals surface area contributed by atoms with E-state index in [4.69, 9.17) is 18.9 Å². The number of carbonyl (C=O) groups is 2. The molecule has 0 aliphatic carbocycles. The van der Waals surface area contributed by atoms with Gasteiger partial charge in [0, 0.05) is 12.8 Å². The van der Waals surface area contributed by atoms with Crippen molar-refractivity contribution in [2.75, 3.05) is 19.0 Å². The highest BCUT2D eigenvalue weighted by atomic mass is 32.2. The Morgan fingerprint density at radius 1 is 0.522 bits per heavy atom. The minimum Gasteiger partial charge on any atom is -0.462 e. The van der Waals surface area contributed by atoms with Gasteiger partial charge in [-0.3, -0.25) is 14.1 Å². The fourth-order valence-electron chi connectivity index (χ4n) is 7.52. The average Bonchev–Trinajstić information content (AvgIpc) is 3.30. The normalized spacial score (nSPS) is 19.9. The molecule has 1 saturated heterocycles. The topological polar surface area (TPSA) is 186 Å². The monoisotopic (exact) mass is 965 g/mol. The molecule has 0 aromatic rings. The van der Waals surface area contributed by atoms with E-state index in [9.17, 15) is 37.9 Å². The van der Waals surface area contributed by atoms with Crippen LogP contribution in [0.15, 0.2) is 72.9 Å². The van der Waals surface area contributed by atoms with E-state index in [0.717, 1.165) is 103 Å². The molecule has 6 atom stereocenters. The first-order valence-electron chi connectivity index (χ1n) is 26.0. The fourth-order valence-corrected chi connectivity index (χ4v) is 8.21. The molecule has 0 aromatic carbocycles. The van der Waals surface area contributed by atoms with Gasteiger partial charge in [-0.1, -0.05) is 177 Å². The number of aliphatic hydroxyl groups excluding tert-OH is 3. The van der Waals surface area contributed by atoms with Crippen LogP contribution >= 0.6 is 0 Å². The van der Waals surface area contributed by atoms with Crippen LogP contribution in [-0.2, 0) is 38.7 Å². The van der Waals surface area contributed by atoms with E-state index >= 15 is 0 Å². The van der Waals surface area contributed by atoms with Gasteiger partial charge in [-0.2, -0.15) is 8.42 Å². The predicted molar refractivity (Wildman–Crippen MR) is 270 cm³/mol. The number of ether oxygens (including phenoxy) is 4. The van der Waals surface area contributed by atoms with Crippen molar-refractivity contribution in [3.63, 3.8) is 0 Å². The van der Waals surface area contributed by atoms with Crippen molar-refractivity contribution >= 4 is 22.1 Å². The number of hydrogen-bond acceptors (Lipinski definition) is 11. The van der Waals surface area contributed by atoms with E-state index in [1.54, 1.807) is 0 Å². The van der Waals surface area contributed by atoms with Gasteiger partial charge >= 0.3 is 11.9 Å². The van der Waals surface area contributed by atoms with Crippen molar-refractivity contribution in [2.45, 2.75) is 237 Å². The summed E-state index contributed by atoms with van der Waals surface area (Å²) in [6.45, 7) is 3.63. The van der Waals surface area contributed by atoms with Crippen molar-refractivity contribution in [1.82, 2.24) is 0 Å². The number of unbranched alkanes of at least 4 members (excludes halogenated alkanes) is 19. The van der Waals surface area contributed by atoms with Crippen LogP contribution in [0.2, 0.25) is 0 Å². The van der Waals surface area contributed by atoms with Crippen molar-refractivity contribution in [1.29, 1.82) is 0 Å². The molecule has 4 N–H and O–H groups in total. The molecule has 0 bridgehead atoms. The summed E-state index contributed by atoms with van der Waals surface area (Å²) in [5.74, 6) is -2.01. The third-order valence-corrected chi connectivity index (χ3v) is 12.3. The van der Waals surface area contributed by atoms with Gasteiger partial charge in [0.2, 0.25) is 0 Å². The second-order valence-corrected chi connectivity index (χ2v) is 19.3. The van der Waals surface area contributed by atoms with Gasteiger partial charge in [0.25, 0.3) is 10.1 Å². The lowest BCUT2D eigenvalue weighted by Crippen LogP contribution is -2.60. The van der Waals surface area contributed by atoms with E-state index < -0.39 is 71.2 Å². The number of aliphatic hydroxyl groups is 3. The molecule has 0 spiro atoms. The Hall–Kier alpha value is -2.91. The van der Waals surface area contributed by atoms with Crippen LogP contribution in [0.3, 0.4) is 0 Å². The number of esters is 2. The molecule has 1 rings (SSSR count). The van der Waals surface area contributed by atoms with Gasteiger partial charge in [-0.15, -0.1) is 0 Å². The van der Waals surface area contributed by atoms with Crippen molar-refractivity contribution < 1.29 is 56.8 Å². The zero-order valence-corrected chi connectivity index (χ0v) is 42.3. The molecular formula is C54H92O12S. The van der Waals surface area contributed by atoms with Crippen LogP contribution < -0.4 is 0 Å². The summed E-state index contributed by atoms with van der Waals surface area (Å²) in [5, 5.41) is 31.0. The number of rotatable bonds is 43. The Morgan fingerprint density at radius 2 is 0.940 bits per heavy atom.